The Hall–Kier alpha value is -3.10. The van der Waals surface area contributed by atoms with E-state index in [9.17, 15) is 5.11 Å². The SMILES string of the molecule is Nc1nc(-c2ccccc2)nc2nc3c(cc12)ncn3C[C@H](O)CO. The van der Waals surface area contributed by atoms with Gasteiger partial charge in [0.25, 0.3) is 0 Å². The lowest BCUT2D eigenvalue weighted by Crippen LogP contribution is -2.19. The fourth-order valence-electron chi connectivity index (χ4n) is 2.68. The number of fused-ring (bicyclic) bond motifs is 2. The van der Waals surface area contributed by atoms with Gasteiger partial charge >= 0.3 is 0 Å². The first-order valence-corrected chi connectivity index (χ1v) is 7.79. The molecule has 25 heavy (non-hydrogen) atoms. The summed E-state index contributed by atoms with van der Waals surface area (Å²) >= 11 is 0. The molecule has 0 aliphatic carbocycles. The fourth-order valence-corrected chi connectivity index (χ4v) is 2.68. The number of aliphatic hydroxyl groups excluding tert-OH is 2. The summed E-state index contributed by atoms with van der Waals surface area (Å²) in [4.78, 5) is 17.7. The van der Waals surface area contributed by atoms with Crippen LogP contribution in [0.25, 0.3) is 33.6 Å². The van der Waals surface area contributed by atoms with Crippen LogP contribution in [-0.4, -0.2) is 47.4 Å². The largest absolute Gasteiger partial charge is 0.394 e. The molecular weight excluding hydrogens is 320 g/mol. The van der Waals surface area contributed by atoms with Gasteiger partial charge < -0.3 is 20.5 Å². The van der Waals surface area contributed by atoms with Crippen molar-refractivity contribution in [2.45, 2.75) is 12.6 Å². The highest BCUT2D eigenvalue weighted by Gasteiger charge is 2.14. The first-order valence-electron chi connectivity index (χ1n) is 7.79. The van der Waals surface area contributed by atoms with Gasteiger partial charge in [-0.1, -0.05) is 30.3 Å². The molecule has 1 aromatic carbocycles. The summed E-state index contributed by atoms with van der Waals surface area (Å²) in [5.41, 5.74) is 8.59. The first kappa shape index (κ1) is 15.4. The lowest BCUT2D eigenvalue weighted by atomic mass is 10.2. The summed E-state index contributed by atoms with van der Waals surface area (Å²) in [6, 6.07) is 11.3. The van der Waals surface area contributed by atoms with Gasteiger partial charge in [0.15, 0.2) is 17.1 Å². The van der Waals surface area contributed by atoms with Crippen LogP contribution in [0.4, 0.5) is 5.82 Å². The fraction of sp³-hybridized carbons (Fsp3) is 0.176. The molecule has 0 saturated carbocycles. The maximum absolute atomic E-state index is 9.67. The molecule has 126 valence electrons. The van der Waals surface area contributed by atoms with Crippen LogP contribution >= 0.6 is 0 Å². The van der Waals surface area contributed by atoms with Crippen molar-refractivity contribution in [1.82, 2.24) is 24.5 Å². The Kier molecular flexibility index (Phi) is 3.75. The van der Waals surface area contributed by atoms with Crippen LogP contribution in [-0.2, 0) is 6.54 Å². The zero-order chi connectivity index (χ0) is 17.4. The van der Waals surface area contributed by atoms with Crippen molar-refractivity contribution in [3.63, 3.8) is 0 Å². The number of aromatic nitrogens is 5. The Morgan fingerprint density at radius 3 is 2.68 bits per heavy atom. The number of rotatable bonds is 4. The van der Waals surface area contributed by atoms with Gasteiger partial charge in [-0.15, -0.1) is 0 Å². The topological polar surface area (TPSA) is 123 Å². The molecular formula is C17H16N6O2. The summed E-state index contributed by atoms with van der Waals surface area (Å²) < 4.78 is 1.68. The molecule has 0 amide bonds. The quantitative estimate of drug-likeness (QED) is 0.507. The van der Waals surface area contributed by atoms with Gasteiger partial charge in [0, 0.05) is 5.56 Å². The normalized spacial score (nSPS) is 12.7. The van der Waals surface area contributed by atoms with Gasteiger partial charge in [-0.2, -0.15) is 0 Å². The minimum absolute atomic E-state index is 0.192. The number of nitrogens with two attached hydrogens (primary N) is 1. The highest BCUT2D eigenvalue weighted by atomic mass is 16.3. The number of anilines is 1. The summed E-state index contributed by atoms with van der Waals surface area (Å²) in [5.74, 6) is 0.835. The first-order chi connectivity index (χ1) is 12.2. The average Bonchev–Trinajstić information content (AvgIpc) is 3.02. The predicted octanol–water partition coefficient (Wildman–Crippen LogP) is 0.977. The van der Waals surface area contributed by atoms with Crippen LogP contribution in [0.5, 0.6) is 0 Å². The molecule has 0 aliphatic heterocycles. The Morgan fingerprint density at radius 1 is 1.12 bits per heavy atom. The van der Waals surface area contributed by atoms with Crippen LogP contribution in [0.1, 0.15) is 0 Å². The number of hydrogen-bond donors (Lipinski definition) is 3. The van der Waals surface area contributed by atoms with Crippen LogP contribution in [0.3, 0.4) is 0 Å². The molecule has 0 unspecified atom stereocenters. The number of nitrogens with zero attached hydrogens (tertiary/aromatic N) is 5. The van der Waals surface area contributed by atoms with E-state index in [1.807, 2.05) is 30.3 Å². The molecule has 0 fully saturated rings. The smallest absolute Gasteiger partial charge is 0.167 e. The zero-order valence-electron chi connectivity index (χ0n) is 13.2. The number of hydrogen-bond acceptors (Lipinski definition) is 7. The standard InChI is InChI=1S/C17H16N6O2/c18-14-12-6-13-17(23(9-19-13)7-11(25)8-24)22-16(12)21-15(20-14)10-4-2-1-3-5-10/h1-6,9,11,24-25H,7-8H2,(H2,18,20,21,22)/t11-/m0/s1. The summed E-state index contributed by atoms with van der Waals surface area (Å²) in [6.45, 7) is -0.141. The van der Waals surface area contributed by atoms with E-state index in [1.54, 1.807) is 17.0 Å². The van der Waals surface area contributed by atoms with Gasteiger partial charge in [0.1, 0.15) is 11.3 Å². The van der Waals surface area contributed by atoms with Crippen LogP contribution < -0.4 is 5.73 Å². The molecule has 8 heteroatoms. The van der Waals surface area contributed by atoms with Crippen molar-refractivity contribution in [3.8, 4) is 11.4 Å². The van der Waals surface area contributed by atoms with E-state index >= 15 is 0 Å². The Morgan fingerprint density at radius 2 is 1.92 bits per heavy atom. The summed E-state index contributed by atoms with van der Waals surface area (Å²) in [7, 11) is 0. The van der Waals surface area contributed by atoms with Gasteiger partial charge in [-0.25, -0.2) is 19.9 Å². The maximum atomic E-state index is 9.67. The molecule has 0 saturated heterocycles. The third-order valence-electron chi connectivity index (χ3n) is 3.94. The van der Waals surface area contributed by atoms with E-state index in [2.05, 4.69) is 19.9 Å². The van der Waals surface area contributed by atoms with Crippen molar-refractivity contribution in [2.75, 3.05) is 12.3 Å². The van der Waals surface area contributed by atoms with Crippen molar-refractivity contribution >= 4 is 28.0 Å². The molecule has 4 rings (SSSR count). The van der Waals surface area contributed by atoms with Crippen molar-refractivity contribution in [2.24, 2.45) is 0 Å². The minimum Gasteiger partial charge on any atom is -0.394 e. The van der Waals surface area contributed by atoms with Gasteiger partial charge in [0.05, 0.1) is 31.0 Å². The van der Waals surface area contributed by atoms with E-state index in [0.717, 1.165) is 5.56 Å². The highest BCUT2D eigenvalue weighted by molar-refractivity contribution is 5.94. The molecule has 0 bridgehead atoms. The summed E-state index contributed by atoms with van der Waals surface area (Å²) in [6.07, 6.45) is 0.683. The van der Waals surface area contributed by atoms with E-state index in [-0.39, 0.29) is 13.2 Å². The Labute approximate surface area is 142 Å². The maximum Gasteiger partial charge on any atom is 0.167 e. The molecule has 0 spiro atoms. The number of aliphatic hydroxyl groups is 2. The van der Waals surface area contributed by atoms with Gasteiger partial charge in [-0.05, 0) is 6.07 Å². The average molecular weight is 336 g/mol. The Balaban J connectivity index is 1.89. The van der Waals surface area contributed by atoms with Crippen LogP contribution in [0.15, 0.2) is 42.7 Å². The third-order valence-corrected chi connectivity index (χ3v) is 3.94. The number of benzene rings is 1. The molecule has 3 aromatic heterocycles. The minimum atomic E-state index is -0.884. The number of imidazole rings is 1. The lowest BCUT2D eigenvalue weighted by molar-refractivity contribution is 0.0820. The molecule has 4 N–H and O–H groups in total. The van der Waals surface area contributed by atoms with Gasteiger partial charge in [-0.3, -0.25) is 0 Å². The lowest BCUT2D eigenvalue weighted by Gasteiger charge is -2.09. The monoisotopic (exact) mass is 336 g/mol. The second-order valence-electron chi connectivity index (χ2n) is 5.73. The highest BCUT2D eigenvalue weighted by Crippen LogP contribution is 2.25. The van der Waals surface area contributed by atoms with Crippen LogP contribution in [0, 0.1) is 0 Å². The van der Waals surface area contributed by atoms with E-state index in [1.165, 1.54) is 0 Å². The molecule has 4 aromatic rings. The molecule has 0 aliphatic rings. The molecule has 8 nitrogen and oxygen atoms in total. The van der Waals surface area contributed by atoms with Gasteiger partial charge in [0.2, 0.25) is 0 Å². The second kappa shape index (κ2) is 6.08. The zero-order valence-corrected chi connectivity index (χ0v) is 13.2. The summed E-state index contributed by atoms with van der Waals surface area (Å²) in [5, 5.41) is 19.3. The van der Waals surface area contributed by atoms with Crippen molar-refractivity contribution in [3.05, 3.63) is 42.7 Å². The Bertz CT molecular complexity index is 1050. The van der Waals surface area contributed by atoms with Crippen molar-refractivity contribution in [1.29, 1.82) is 0 Å². The van der Waals surface area contributed by atoms with Crippen LogP contribution in [0.2, 0.25) is 0 Å². The van der Waals surface area contributed by atoms with E-state index < -0.39 is 6.10 Å². The van der Waals surface area contributed by atoms with E-state index in [0.29, 0.717) is 33.8 Å². The number of pyridine rings is 1. The predicted molar refractivity (Wildman–Crippen MR) is 93.6 cm³/mol. The third kappa shape index (κ3) is 2.77. The molecule has 3 heterocycles. The number of nitrogen functional groups attached to an aromatic ring is 1. The second-order valence-corrected chi connectivity index (χ2v) is 5.73. The molecule has 1 atom stereocenters. The van der Waals surface area contributed by atoms with Crippen molar-refractivity contribution < 1.29 is 10.2 Å². The molecule has 0 radical (unpaired) electrons. The van der Waals surface area contributed by atoms with E-state index in [4.69, 9.17) is 10.8 Å².